The smallest absolute Gasteiger partial charge is 0.228 e. The van der Waals surface area contributed by atoms with Gasteiger partial charge in [0.2, 0.25) is 0 Å². The molecule has 8 nitrogen and oxygen atoms in total. The zero-order valence-electron chi connectivity index (χ0n) is 16.7. The molecule has 156 valence electrons. The van der Waals surface area contributed by atoms with Crippen LogP contribution in [0.5, 0.6) is 0 Å². The van der Waals surface area contributed by atoms with Gasteiger partial charge in [0.1, 0.15) is 0 Å². The fourth-order valence-corrected chi connectivity index (χ4v) is 4.58. The molecular formula is C21H17ClN6O2S. The summed E-state index contributed by atoms with van der Waals surface area (Å²) in [6, 6.07) is 16.5. The summed E-state index contributed by atoms with van der Waals surface area (Å²) in [4.78, 5) is 8.79. The molecule has 31 heavy (non-hydrogen) atoms. The van der Waals surface area contributed by atoms with Gasteiger partial charge in [-0.25, -0.2) is 17.7 Å². The van der Waals surface area contributed by atoms with Crippen molar-refractivity contribution in [2.24, 2.45) is 0 Å². The van der Waals surface area contributed by atoms with Crippen LogP contribution < -0.4 is 4.31 Å². The normalized spacial score (nSPS) is 11.4. The van der Waals surface area contributed by atoms with Crippen LogP contribution >= 0.6 is 11.6 Å². The Morgan fingerprint density at radius 2 is 1.74 bits per heavy atom. The third kappa shape index (κ3) is 4.08. The molecule has 0 fully saturated rings. The Kier molecular flexibility index (Phi) is 5.35. The van der Waals surface area contributed by atoms with Crippen LogP contribution in [0.1, 0.15) is 22.5 Å². The molecule has 0 N–H and O–H groups in total. The molecule has 0 unspecified atom stereocenters. The molecule has 4 rings (SSSR count). The van der Waals surface area contributed by atoms with Crippen LogP contribution in [0.25, 0.3) is 5.78 Å². The molecule has 0 amide bonds. The summed E-state index contributed by atoms with van der Waals surface area (Å²) in [5.41, 5.74) is 2.69. The van der Waals surface area contributed by atoms with Crippen LogP contribution in [-0.2, 0) is 16.6 Å². The lowest BCUT2D eigenvalue weighted by Crippen LogP contribution is -2.31. The zero-order valence-corrected chi connectivity index (χ0v) is 18.3. The molecule has 2 aromatic heterocycles. The number of hydrogen-bond donors (Lipinski definition) is 0. The van der Waals surface area contributed by atoms with Crippen molar-refractivity contribution in [2.45, 2.75) is 25.3 Å². The van der Waals surface area contributed by atoms with E-state index in [9.17, 15) is 8.42 Å². The quantitative estimate of drug-likeness (QED) is 0.457. The molecule has 0 aliphatic carbocycles. The minimum atomic E-state index is -4.01. The second-order valence-electron chi connectivity index (χ2n) is 6.94. The largest absolute Gasteiger partial charge is 0.267 e. The van der Waals surface area contributed by atoms with Gasteiger partial charge in [-0.15, -0.1) is 5.10 Å². The molecule has 0 aliphatic rings. The second-order valence-corrected chi connectivity index (χ2v) is 9.24. The van der Waals surface area contributed by atoms with Crippen LogP contribution in [0.15, 0.2) is 59.5 Å². The van der Waals surface area contributed by atoms with Crippen LogP contribution in [0.3, 0.4) is 0 Å². The van der Waals surface area contributed by atoms with Gasteiger partial charge in [-0.1, -0.05) is 23.7 Å². The van der Waals surface area contributed by atoms with Crippen LogP contribution in [0.4, 0.5) is 5.95 Å². The Morgan fingerprint density at radius 1 is 1.06 bits per heavy atom. The van der Waals surface area contributed by atoms with Crippen molar-refractivity contribution in [1.29, 1.82) is 5.26 Å². The first-order valence-corrected chi connectivity index (χ1v) is 11.1. The van der Waals surface area contributed by atoms with Gasteiger partial charge in [-0.2, -0.15) is 14.8 Å². The molecule has 0 spiro atoms. The van der Waals surface area contributed by atoms with Crippen molar-refractivity contribution in [3.8, 4) is 6.07 Å². The third-order valence-electron chi connectivity index (χ3n) is 4.64. The highest BCUT2D eigenvalue weighted by Crippen LogP contribution is 2.25. The van der Waals surface area contributed by atoms with Gasteiger partial charge in [0.25, 0.3) is 21.7 Å². The highest BCUT2D eigenvalue weighted by molar-refractivity contribution is 7.92. The topological polar surface area (TPSA) is 104 Å². The number of benzene rings is 2. The van der Waals surface area contributed by atoms with Gasteiger partial charge < -0.3 is 0 Å². The van der Waals surface area contributed by atoms with Crippen LogP contribution in [0, 0.1) is 25.2 Å². The summed E-state index contributed by atoms with van der Waals surface area (Å²) in [6.07, 6.45) is 0. The number of anilines is 1. The standard InChI is InChI=1S/C21H17ClN6O2S/c1-14-11-15(2)28-20(24-14)25-21(26-28)27(13-17-5-3-16(12-23)4-6-17)31(29,30)19-9-7-18(22)8-10-19/h3-11H,13H2,1-2H3. The van der Waals surface area contributed by atoms with Crippen LogP contribution in [0.2, 0.25) is 5.02 Å². The monoisotopic (exact) mass is 452 g/mol. The molecule has 0 radical (unpaired) electrons. The van der Waals surface area contributed by atoms with Crippen LogP contribution in [-0.4, -0.2) is 28.0 Å². The van der Waals surface area contributed by atoms with Crippen molar-refractivity contribution in [2.75, 3.05) is 4.31 Å². The van der Waals surface area contributed by atoms with Gasteiger partial charge in [0.15, 0.2) is 0 Å². The Bertz CT molecular complexity index is 1410. The average Bonchev–Trinajstić information content (AvgIpc) is 3.16. The number of rotatable bonds is 5. The van der Waals surface area contributed by atoms with Crippen molar-refractivity contribution in [3.63, 3.8) is 0 Å². The fourth-order valence-electron chi connectivity index (χ4n) is 3.11. The minimum Gasteiger partial charge on any atom is -0.228 e. The maximum Gasteiger partial charge on any atom is 0.267 e. The predicted molar refractivity (Wildman–Crippen MR) is 116 cm³/mol. The molecule has 10 heteroatoms. The summed E-state index contributed by atoms with van der Waals surface area (Å²) < 4.78 is 29.7. The third-order valence-corrected chi connectivity index (χ3v) is 6.63. The first-order valence-electron chi connectivity index (χ1n) is 9.26. The number of hydrogen-bond acceptors (Lipinski definition) is 6. The maximum atomic E-state index is 13.5. The van der Waals surface area contributed by atoms with E-state index in [4.69, 9.17) is 16.9 Å². The molecule has 4 aromatic rings. The molecule has 0 atom stereocenters. The van der Waals surface area contributed by atoms with E-state index in [1.807, 2.05) is 26.0 Å². The maximum absolute atomic E-state index is 13.5. The van der Waals surface area contributed by atoms with Crippen molar-refractivity contribution in [1.82, 2.24) is 19.6 Å². The minimum absolute atomic E-state index is 0.000472. The van der Waals surface area contributed by atoms with Gasteiger partial charge in [-0.05, 0) is 61.9 Å². The van der Waals surface area contributed by atoms with E-state index in [2.05, 4.69) is 15.1 Å². The number of nitrogens with zero attached hydrogens (tertiary/aromatic N) is 6. The molecule has 0 saturated heterocycles. The molecular weight excluding hydrogens is 436 g/mol. The zero-order chi connectivity index (χ0) is 22.2. The molecule has 2 heterocycles. The van der Waals surface area contributed by atoms with E-state index < -0.39 is 10.0 Å². The summed E-state index contributed by atoms with van der Waals surface area (Å²) in [5.74, 6) is 0.309. The van der Waals surface area contributed by atoms with E-state index in [-0.39, 0.29) is 17.4 Å². The number of halogens is 1. The number of aryl methyl sites for hydroxylation is 2. The van der Waals surface area contributed by atoms with E-state index in [1.54, 1.807) is 24.3 Å². The lowest BCUT2D eigenvalue weighted by atomic mass is 10.1. The highest BCUT2D eigenvalue weighted by Gasteiger charge is 2.29. The predicted octanol–water partition coefficient (Wildman–Crippen LogP) is 3.66. The summed E-state index contributed by atoms with van der Waals surface area (Å²) in [5, 5.41) is 13.9. The summed E-state index contributed by atoms with van der Waals surface area (Å²) >= 11 is 5.93. The van der Waals surface area contributed by atoms with Crippen molar-refractivity contribution >= 4 is 33.4 Å². The first kappa shape index (κ1) is 20.8. The van der Waals surface area contributed by atoms with E-state index in [1.165, 1.54) is 28.8 Å². The lowest BCUT2D eigenvalue weighted by molar-refractivity contribution is 0.589. The summed E-state index contributed by atoms with van der Waals surface area (Å²) in [6.45, 7) is 3.66. The number of nitriles is 1. The fraction of sp³-hybridized carbons (Fsp3) is 0.143. The highest BCUT2D eigenvalue weighted by atomic mass is 35.5. The Morgan fingerprint density at radius 3 is 2.39 bits per heavy atom. The summed E-state index contributed by atoms with van der Waals surface area (Å²) in [7, 11) is -4.01. The van der Waals surface area contributed by atoms with E-state index in [0.29, 0.717) is 21.9 Å². The van der Waals surface area contributed by atoms with Gasteiger partial charge >= 0.3 is 0 Å². The molecule has 0 bridgehead atoms. The SMILES string of the molecule is Cc1cc(C)n2nc(N(Cc3ccc(C#N)cc3)S(=O)(=O)c3ccc(Cl)cc3)nc2n1. The van der Waals surface area contributed by atoms with Gasteiger partial charge in [0.05, 0.1) is 23.1 Å². The number of fused-ring (bicyclic) bond motifs is 1. The molecule has 0 saturated carbocycles. The van der Waals surface area contributed by atoms with Gasteiger partial charge in [-0.3, -0.25) is 0 Å². The Hall–Kier alpha value is -3.48. The van der Waals surface area contributed by atoms with Crippen molar-refractivity contribution in [3.05, 3.63) is 82.1 Å². The number of sulfonamides is 1. The Balaban J connectivity index is 1.85. The van der Waals surface area contributed by atoms with Gasteiger partial charge in [0, 0.05) is 16.4 Å². The average molecular weight is 453 g/mol. The molecule has 2 aromatic carbocycles. The second kappa shape index (κ2) is 7.98. The van der Waals surface area contributed by atoms with Crippen molar-refractivity contribution < 1.29 is 8.42 Å². The molecule has 0 aliphatic heterocycles. The van der Waals surface area contributed by atoms with E-state index in [0.717, 1.165) is 15.7 Å². The first-order chi connectivity index (χ1) is 14.8. The number of aromatic nitrogens is 4. The Labute approximate surface area is 184 Å². The van der Waals surface area contributed by atoms with E-state index >= 15 is 0 Å². The lowest BCUT2D eigenvalue weighted by Gasteiger charge is -2.21.